The van der Waals surface area contributed by atoms with Gasteiger partial charge in [-0.1, -0.05) is 11.6 Å². The lowest BCUT2D eigenvalue weighted by molar-refractivity contribution is 0.0398. The van der Waals surface area contributed by atoms with Crippen LogP contribution in [0.3, 0.4) is 0 Å². The lowest BCUT2D eigenvalue weighted by Gasteiger charge is -2.26. The second-order valence-corrected chi connectivity index (χ2v) is 6.16. The molecule has 0 aliphatic carbocycles. The number of anilines is 2. The maximum atomic E-state index is 13.2. The van der Waals surface area contributed by atoms with Crippen molar-refractivity contribution in [2.45, 2.75) is 0 Å². The third kappa shape index (κ3) is 5.10. The van der Waals surface area contributed by atoms with Crippen molar-refractivity contribution in [3.8, 4) is 0 Å². The molecule has 1 aromatic carbocycles. The van der Waals surface area contributed by atoms with Crippen molar-refractivity contribution in [2.75, 3.05) is 50.0 Å². The Bertz CT molecular complexity index is 771. The van der Waals surface area contributed by atoms with Gasteiger partial charge < -0.3 is 15.4 Å². The van der Waals surface area contributed by atoms with Crippen molar-refractivity contribution in [3.05, 3.63) is 47.1 Å². The summed E-state index contributed by atoms with van der Waals surface area (Å²) in [7, 11) is 0. The number of carbonyl (C=O) groups excluding carboxylic acids is 1. The fourth-order valence-electron chi connectivity index (χ4n) is 2.51. The molecule has 1 aliphatic rings. The molecule has 9 heteroatoms. The summed E-state index contributed by atoms with van der Waals surface area (Å²) >= 11 is 5.72. The average molecular weight is 380 g/mol. The van der Waals surface area contributed by atoms with E-state index < -0.39 is 11.7 Å². The Balaban J connectivity index is 1.55. The molecule has 1 aromatic heterocycles. The molecule has 138 valence electrons. The Morgan fingerprint density at radius 2 is 2.08 bits per heavy atom. The second kappa shape index (κ2) is 8.88. The first-order chi connectivity index (χ1) is 12.6. The quantitative estimate of drug-likeness (QED) is 0.801. The summed E-state index contributed by atoms with van der Waals surface area (Å²) in [6.45, 7) is 4.91. The van der Waals surface area contributed by atoms with E-state index >= 15 is 0 Å². The number of rotatable bonds is 6. The van der Waals surface area contributed by atoms with E-state index in [1.54, 1.807) is 6.07 Å². The van der Waals surface area contributed by atoms with Crippen molar-refractivity contribution in [1.82, 2.24) is 14.9 Å². The van der Waals surface area contributed by atoms with Crippen molar-refractivity contribution < 1.29 is 13.9 Å². The number of carbonyl (C=O) groups is 1. The molecule has 2 aromatic rings. The lowest BCUT2D eigenvalue weighted by Crippen LogP contribution is -2.39. The molecule has 1 amide bonds. The summed E-state index contributed by atoms with van der Waals surface area (Å²) in [5.74, 6) is -0.402. The van der Waals surface area contributed by atoms with Crippen LogP contribution in [0, 0.1) is 5.82 Å². The summed E-state index contributed by atoms with van der Waals surface area (Å²) < 4.78 is 18.5. The Morgan fingerprint density at radius 1 is 1.27 bits per heavy atom. The minimum atomic E-state index is -0.543. The minimum Gasteiger partial charge on any atom is -0.379 e. The van der Waals surface area contributed by atoms with E-state index in [0.717, 1.165) is 32.8 Å². The van der Waals surface area contributed by atoms with Crippen molar-refractivity contribution in [2.24, 2.45) is 0 Å². The summed E-state index contributed by atoms with van der Waals surface area (Å²) in [5, 5.41) is 5.76. The number of hydrogen-bond acceptors (Lipinski definition) is 6. The molecule has 0 atom stereocenters. The highest BCUT2D eigenvalue weighted by Gasteiger charge is 2.12. The van der Waals surface area contributed by atoms with Gasteiger partial charge in [-0.15, -0.1) is 0 Å². The van der Waals surface area contributed by atoms with Gasteiger partial charge in [-0.05, 0) is 18.2 Å². The molecular formula is C17H19ClFN5O2. The maximum Gasteiger partial charge on any atom is 0.274 e. The molecule has 0 radical (unpaired) electrons. The topological polar surface area (TPSA) is 79.4 Å². The van der Waals surface area contributed by atoms with E-state index in [1.807, 2.05) is 0 Å². The number of amides is 1. The van der Waals surface area contributed by atoms with Crippen molar-refractivity contribution >= 4 is 29.0 Å². The molecule has 0 bridgehead atoms. The highest BCUT2D eigenvalue weighted by molar-refractivity contribution is 6.31. The molecule has 0 unspecified atom stereocenters. The Hall–Kier alpha value is -2.29. The van der Waals surface area contributed by atoms with E-state index in [2.05, 4.69) is 25.5 Å². The van der Waals surface area contributed by atoms with Crippen LogP contribution in [0.2, 0.25) is 5.02 Å². The smallest absolute Gasteiger partial charge is 0.274 e. The van der Waals surface area contributed by atoms with Crippen molar-refractivity contribution in [3.63, 3.8) is 0 Å². The highest BCUT2D eigenvalue weighted by atomic mass is 35.5. The Labute approximate surface area is 155 Å². The number of hydrogen-bond donors (Lipinski definition) is 2. The fraction of sp³-hybridized carbons (Fsp3) is 0.353. The second-order valence-electron chi connectivity index (χ2n) is 5.75. The van der Waals surface area contributed by atoms with Gasteiger partial charge in [0.05, 0.1) is 18.2 Å². The number of ether oxygens (including phenoxy) is 1. The number of aromatic nitrogens is 2. The predicted octanol–water partition coefficient (Wildman–Crippen LogP) is 2.27. The van der Waals surface area contributed by atoms with Crippen LogP contribution in [0.4, 0.5) is 15.9 Å². The lowest BCUT2D eigenvalue weighted by atomic mass is 10.3. The van der Waals surface area contributed by atoms with Gasteiger partial charge in [0, 0.05) is 37.9 Å². The maximum absolute atomic E-state index is 13.2. The van der Waals surface area contributed by atoms with E-state index in [-0.39, 0.29) is 10.7 Å². The number of nitrogens with one attached hydrogen (secondary N) is 2. The molecule has 2 heterocycles. The molecule has 1 fully saturated rings. The molecule has 2 N–H and O–H groups in total. The fourth-order valence-corrected chi connectivity index (χ4v) is 2.69. The summed E-state index contributed by atoms with van der Waals surface area (Å²) in [5.41, 5.74) is 0.594. The van der Waals surface area contributed by atoms with Gasteiger partial charge in [-0.2, -0.15) is 0 Å². The number of halogens is 2. The van der Waals surface area contributed by atoms with Gasteiger partial charge in [0.1, 0.15) is 23.7 Å². The first-order valence-corrected chi connectivity index (χ1v) is 8.62. The molecular weight excluding hydrogens is 361 g/mol. The normalized spacial score (nSPS) is 14.8. The molecule has 7 nitrogen and oxygen atoms in total. The highest BCUT2D eigenvalue weighted by Crippen LogP contribution is 2.19. The standard InChI is InChI=1S/C17H19ClFN5O2/c18-13-9-12(1-2-14(13)19)23-17(25)15-10-16(22-11-21-15)20-3-4-24-5-7-26-8-6-24/h1-2,9-11H,3-8H2,(H,23,25)(H,20,21,22). The molecule has 0 spiro atoms. The van der Waals surface area contributed by atoms with Gasteiger partial charge in [0.2, 0.25) is 0 Å². The monoisotopic (exact) mass is 379 g/mol. The molecule has 1 aliphatic heterocycles. The van der Waals surface area contributed by atoms with Crippen LogP contribution >= 0.6 is 11.6 Å². The first-order valence-electron chi connectivity index (χ1n) is 8.24. The average Bonchev–Trinajstić information content (AvgIpc) is 2.66. The summed E-state index contributed by atoms with van der Waals surface area (Å²) in [6.07, 6.45) is 1.32. The third-order valence-corrected chi connectivity index (χ3v) is 4.20. The number of morpholine rings is 1. The van der Waals surface area contributed by atoms with Gasteiger partial charge in [0.25, 0.3) is 5.91 Å². The zero-order valence-electron chi connectivity index (χ0n) is 14.0. The number of nitrogens with zero attached hydrogens (tertiary/aromatic N) is 3. The summed E-state index contributed by atoms with van der Waals surface area (Å²) in [4.78, 5) is 22.7. The third-order valence-electron chi connectivity index (χ3n) is 3.92. The van der Waals surface area contributed by atoms with E-state index in [0.29, 0.717) is 18.1 Å². The molecule has 26 heavy (non-hydrogen) atoms. The van der Waals surface area contributed by atoms with Crippen LogP contribution in [0.25, 0.3) is 0 Å². The first kappa shape index (κ1) is 18.5. The summed E-state index contributed by atoms with van der Waals surface area (Å²) in [6, 6.07) is 5.54. The molecule has 3 rings (SSSR count). The Kier molecular flexibility index (Phi) is 6.32. The molecule has 1 saturated heterocycles. The van der Waals surface area contributed by atoms with Crippen LogP contribution in [0.15, 0.2) is 30.6 Å². The van der Waals surface area contributed by atoms with Crippen LogP contribution < -0.4 is 10.6 Å². The predicted molar refractivity (Wildman–Crippen MR) is 97.1 cm³/mol. The SMILES string of the molecule is O=C(Nc1ccc(F)c(Cl)c1)c1cc(NCCN2CCOCC2)ncn1. The van der Waals surface area contributed by atoms with Gasteiger partial charge >= 0.3 is 0 Å². The van der Waals surface area contributed by atoms with Crippen LogP contribution in [0.1, 0.15) is 10.5 Å². The molecule has 0 saturated carbocycles. The minimum absolute atomic E-state index is 0.0593. The zero-order valence-corrected chi connectivity index (χ0v) is 14.8. The van der Waals surface area contributed by atoms with Gasteiger partial charge in [0.15, 0.2) is 0 Å². The van der Waals surface area contributed by atoms with E-state index in [4.69, 9.17) is 16.3 Å². The number of benzene rings is 1. The van der Waals surface area contributed by atoms with E-state index in [1.165, 1.54) is 24.5 Å². The van der Waals surface area contributed by atoms with Crippen LogP contribution in [-0.2, 0) is 4.74 Å². The largest absolute Gasteiger partial charge is 0.379 e. The van der Waals surface area contributed by atoms with Crippen LogP contribution in [-0.4, -0.2) is 60.2 Å². The van der Waals surface area contributed by atoms with E-state index in [9.17, 15) is 9.18 Å². The van der Waals surface area contributed by atoms with Gasteiger partial charge in [-0.25, -0.2) is 14.4 Å². The van der Waals surface area contributed by atoms with Crippen molar-refractivity contribution in [1.29, 1.82) is 0 Å². The Morgan fingerprint density at radius 3 is 2.85 bits per heavy atom. The van der Waals surface area contributed by atoms with Gasteiger partial charge in [-0.3, -0.25) is 9.69 Å². The van der Waals surface area contributed by atoms with Crippen LogP contribution in [0.5, 0.6) is 0 Å². The zero-order chi connectivity index (χ0) is 18.4.